The molecule has 7 heteroatoms. The molecule has 0 radical (unpaired) electrons. The van der Waals surface area contributed by atoms with Gasteiger partial charge in [-0.1, -0.05) is 28.5 Å². The van der Waals surface area contributed by atoms with Crippen LogP contribution < -0.4 is 16.0 Å². The first-order valence-electron chi connectivity index (χ1n) is 6.63. The van der Waals surface area contributed by atoms with Crippen molar-refractivity contribution in [2.75, 3.05) is 37.7 Å². The molecule has 2 amide bonds. The molecule has 112 valence electrons. The first-order valence-corrected chi connectivity index (χ1v) is 9.12. The summed E-state index contributed by atoms with van der Waals surface area (Å²) in [5.41, 5.74) is 0. The van der Waals surface area contributed by atoms with Gasteiger partial charge in [0.1, 0.15) is 0 Å². The third kappa shape index (κ3) is 15.5. The van der Waals surface area contributed by atoms with Crippen LogP contribution in [0.2, 0.25) is 0 Å². The zero-order valence-electron chi connectivity index (χ0n) is 11.8. The van der Waals surface area contributed by atoms with Crippen LogP contribution in [0, 0.1) is 0 Å². The first kappa shape index (κ1) is 18.6. The Hall–Kier alpha value is -0.400. The van der Waals surface area contributed by atoms with E-state index in [0.717, 1.165) is 31.0 Å². The molecule has 0 heterocycles. The molecule has 3 N–H and O–H groups in total. The van der Waals surface area contributed by atoms with E-state index in [2.05, 4.69) is 22.9 Å². The number of nitrogens with one attached hydrogen (secondary N) is 3. The Morgan fingerprint density at radius 2 is 1.58 bits per heavy atom. The molecule has 0 fully saturated rings. The summed E-state index contributed by atoms with van der Waals surface area (Å²) in [6, 6.07) is 0. The summed E-state index contributed by atoms with van der Waals surface area (Å²) in [5.74, 6) is 1.89. The van der Waals surface area contributed by atoms with Crippen molar-refractivity contribution in [1.82, 2.24) is 16.0 Å². The zero-order chi connectivity index (χ0) is 14.3. The fourth-order valence-electron chi connectivity index (χ4n) is 1.21. The van der Waals surface area contributed by atoms with Crippen LogP contribution in [0.3, 0.4) is 0 Å². The molecule has 0 aromatic rings. The molecule has 19 heavy (non-hydrogen) atoms. The van der Waals surface area contributed by atoms with Gasteiger partial charge >= 0.3 is 0 Å². The van der Waals surface area contributed by atoms with Gasteiger partial charge in [-0.15, -0.1) is 0 Å². The molecule has 5 nitrogen and oxygen atoms in total. The van der Waals surface area contributed by atoms with Gasteiger partial charge in [0.05, 0.1) is 0 Å². The van der Waals surface area contributed by atoms with E-state index < -0.39 is 0 Å². The van der Waals surface area contributed by atoms with Gasteiger partial charge in [-0.25, -0.2) is 0 Å². The molecular formula is C12H25N3O2S2. The topological polar surface area (TPSA) is 70.2 Å². The number of amides is 2. The fourth-order valence-corrected chi connectivity index (χ4v) is 3.02. The number of hydrogen-bond acceptors (Lipinski definition) is 5. The standard InChI is InChI=1S/C12H25N3O2S2/c1-3-5-13-6-4-12(17)15-8-10-19-18-9-7-14-11(2)16/h13H,3-10H2,1-2H3,(H,14,16)(H,15,17). The minimum Gasteiger partial charge on any atom is -0.355 e. The van der Waals surface area contributed by atoms with Crippen molar-refractivity contribution in [2.24, 2.45) is 0 Å². The summed E-state index contributed by atoms with van der Waals surface area (Å²) in [6.07, 6.45) is 1.63. The zero-order valence-corrected chi connectivity index (χ0v) is 13.4. The Morgan fingerprint density at radius 3 is 2.16 bits per heavy atom. The summed E-state index contributed by atoms with van der Waals surface area (Å²) in [4.78, 5) is 22.0. The summed E-state index contributed by atoms with van der Waals surface area (Å²) in [7, 11) is 3.42. The highest BCUT2D eigenvalue weighted by Gasteiger charge is 1.99. The number of rotatable bonds is 12. The first-order chi connectivity index (χ1) is 9.16. The Labute approximate surface area is 123 Å². The van der Waals surface area contributed by atoms with Crippen molar-refractivity contribution < 1.29 is 9.59 Å². The van der Waals surface area contributed by atoms with E-state index in [9.17, 15) is 9.59 Å². The molecule has 0 aromatic heterocycles. The normalized spacial score (nSPS) is 10.2. The number of carbonyl (C=O) groups excluding carboxylic acids is 2. The molecule has 0 saturated carbocycles. The summed E-state index contributed by atoms with van der Waals surface area (Å²) in [6.45, 7) is 6.73. The Bertz CT molecular complexity index is 253. The van der Waals surface area contributed by atoms with E-state index in [-0.39, 0.29) is 11.8 Å². The van der Waals surface area contributed by atoms with Gasteiger partial charge in [-0.2, -0.15) is 0 Å². The monoisotopic (exact) mass is 307 g/mol. The average molecular weight is 307 g/mol. The molecule has 0 bridgehead atoms. The molecular weight excluding hydrogens is 282 g/mol. The minimum absolute atomic E-state index is 0.00884. The van der Waals surface area contributed by atoms with E-state index in [1.807, 2.05) is 0 Å². The van der Waals surface area contributed by atoms with Crippen LogP contribution in [0.1, 0.15) is 26.7 Å². The molecule has 0 aliphatic heterocycles. The van der Waals surface area contributed by atoms with Crippen molar-refractivity contribution in [3.63, 3.8) is 0 Å². The molecule has 0 aromatic carbocycles. The Balaban J connectivity index is 3.16. The van der Waals surface area contributed by atoms with E-state index in [1.54, 1.807) is 21.6 Å². The lowest BCUT2D eigenvalue weighted by Crippen LogP contribution is -2.29. The molecule has 0 aliphatic carbocycles. The molecule has 0 saturated heterocycles. The number of carbonyl (C=O) groups is 2. The summed E-state index contributed by atoms with van der Waals surface area (Å²) in [5, 5.41) is 8.82. The van der Waals surface area contributed by atoms with Gasteiger partial charge in [-0.3, -0.25) is 9.59 Å². The SMILES string of the molecule is CCCNCCC(=O)NCCSSCCNC(C)=O. The summed E-state index contributed by atoms with van der Waals surface area (Å²) >= 11 is 0. The Kier molecular flexibility index (Phi) is 13.7. The van der Waals surface area contributed by atoms with Gasteiger partial charge in [0, 0.05) is 44.5 Å². The van der Waals surface area contributed by atoms with Crippen molar-refractivity contribution in [1.29, 1.82) is 0 Å². The van der Waals surface area contributed by atoms with Crippen LogP contribution in [0.4, 0.5) is 0 Å². The van der Waals surface area contributed by atoms with E-state index >= 15 is 0 Å². The largest absolute Gasteiger partial charge is 0.355 e. The van der Waals surface area contributed by atoms with Crippen molar-refractivity contribution in [3.05, 3.63) is 0 Å². The fraction of sp³-hybridized carbons (Fsp3) is 0.833. The van der Waals surface area contributed by atoms with Gasteiger partial charge in [-0.05, 0) is 13.0 Å². The van der Waals surface area contributed by atoms with Crippen LogP contribution in [0.25, 0.3) is 0 Å². The maximum Gasteiger partial charge on any atom is 0.221 e. The summed E-state index contributed by atoms with van der Waals surface area (Å²) < 4.78 is 0. The molecule has 0 rings (SSSR count). The highest BCUT2D eigenvalue weighted by Crippen LogP contribution is 2.19. The second kappa shape index (κ2) is 14.0. The van der Waals surface area contributed by atoms with Gasteiger partial charge in [0.25, 0.3) is 0 Å². The third-order valence-corrected chi connectivity index (χ3v) is 4.51. The lowest BCUT2D eigenvalue weighted by atomic mass is 10.4. The van der Waals surface area contributed by atoms with E-state index in [4.69, 9.17) is 0 Å². The van der Waals surface area contributed by atoms with Crippen LogP contribution in [0.5, 0.6) is 0 Å². The van der Waals surface area contributed by atoms with Crippen LogP contribution >= 0.6 is 21.6 Å². The van der Waals surface area contributed by atoms with Crippen molar-refractivity contribution >= 4 is 33.4 Å². The lowest BCUT2D eigenvalue weighted by molar-refractivity contribution is -0.121. The van der Waals surface area contributed by atoms with Gasteiger partial charge in [0.15, 0.2) is 0 Å². The van der Waals surface area contributed by atoms with Crippen molar-refractivity contribution in [2.45, 2.75) is 26.7 Å². The van der Waals surface area contributed by atoms with Crippen molar-refractivity contribution in [3.8, 4) is 0 Å². The van der Waals surface area contributed by atoms with E-state index in [1.165, 1.54) is 6.92 Å². The van der Waals surface area contributed by atoms with Crippen LogP contribution in [0.15, 0.2) is 0 Å². The molecule has 0 unspecified atom stereocenters. The maximum atomic E-state index is 11.4. The predicted molar refractivity (Wildman–Crippen MR) is 84.4 cm³/mol. The molecule has 0 aliphatic rings. The average Bonchev–Trinajstić information content (AvgIpc) is 2.37. The Morgan fingerprint density at radius 1 is 0.947 bits per heavy atom. The highest BCUT2D eigenvalue weighted by molar-refractivity contribution is 8.76. The third-order valence-electron chi connectivity index (χ3n) is 2.11. The van der Waals surface area contributed by atoms with Crippen LogP contribution in [-0.2, 0) is 9.59 Å². The second-order valence-corrected chi connectivity index (χ2v) is 6.68. The predicted octanol–water partition coefficient (Wildman–Crippen LogP) is 1.01. The van der Waals surface area contributed by atoms with Gasteiger partial charge in [0.2, 0.25) is 11.8 Å². The van der Waals surface area contributed by atoms with E-state index in [0.29, 0.717) is 19.5 Å². The highest BCUT2D eigenvalue weighted by atomic mass is 33.1. The number of hydrogen-bond donors (Lipinski definition) is 3. The van der Waals surface area contributed by atoms with Crippen LogP contribution in [-0.4, -0.2) is 49.5 Å². The molecule has 0 spiro atoms. The second-order valence-electron chi connectivity index (χ2n) is 3.98. The smallest absolute Gasteiger partial charge is 0.221 e. The maximum absolute atomic E-state index is 11.4. The lowest BCUT2D eigenvalue weighted by Gasteiger charge is -2.06. The quantitative estimate of drug-likeness (QED) is 0.371. The van der Waals surface area contributed by atoms with Gasteiger partial charge < -0.3 is 16.0 Å². The minimum atomic E-state index is 0.00884. The molecule has 0 atom stereocenters.